The molecule has 0 radical (unpaired) electrons. The summed E-state index contributed by atoms with van der Waals surface area (Å²) in [5.41, 5.74) is 15.3. The van der Waals surface area contributed by atoms with Gasteiger partial charge < -0.3 is 4.57 Å². The number of rotatable bonds is 4. The fraction of sp³-hybridized carbons (Fsp3) is 0.0588. The molecule has 1 aliphatic rings. The maximum absolute atomic E-state index is 2.49. The van der Waals surface area contributed by atoms with Crippen LogP contribution in [0.2, 0.25) is 0 Å². The molecule has 11 rings (SSSR count). The number of para-hydroxylation sites is 1. The highest BCUT2D eigenvalue weighted by molar-refractivity contribution is 6.30. The van der Waals surface area contributed by atoms with Gasteiger partial charge in [0.05, 0.1) is 11.2 Å². The molecule has 10 aromatic rings. The molecular formula is C51H35N. The van der Waals surface area contributed by atoms with Crippen molar-refractivity contribution in [3.05, 3.63) is 187 Å². The van der Waals surface area contributed by atoms with E-state index in [9.17, 15) is 0 Å². The minimum absolute atomic E-state index is 0.132. The van der Waals surface area contributed by atoms with Crippen LogP contribution in [-0.2, 0) is 5.41 Å². The van der Waals surface area contributed by atoms with Crippen molar-refractivity contribution in [2.45, 2.75) is 19.3 Å². The number of benzene rings is 9. The molecule has 0 aliphatic heterocycles. The van der Waals surface area contributed by atoms with Crippen LogP contribution in [-0.4, -0.2) is 4.57 Å². The first-order valence-electron chi connectivity index (χ1n) is 18.3. The molecule has 0 fully saturated rings. The molecule has 1 aromatic heterocycles. The number of hydrogen-bond acceptors (Lipinski definition) is 0. The molecule has 1 nitrogen and oxygen atoms in total. The number of nitrogens with zero attached hydrogens (tertiary/aromatic N) is 1. The summed E-state index contributed by atoms with van der Waals surface area (Å²) in [5, 5.41) is 9.15. The summed E-state index contributed by atoms with van der Waals surface area (Å²) in [6, 6.07) is 65.2. The Morgan fingerprint density at radius 3 is 1.67 bits per heavy atom. The standard InChI is InChI=1S/C51H35N/c1-51(2)45-21-13-12-20-41(45)50-49(51)44-30-35(24-29-46(44)52(50)36-18-10-5-11-19-36)37-25-22-34-23-26-39-42(32-14-6-3-7-15-32)31-43(33-16-8-4-9-17-33)40-28-27-38(37)47(34)48(39)40/h3-31H,1-2H3. The summed E-state index contributed by atoms with van der Waals surface area (Å²) in [4.78, 5) is 0. The molecule has 0 bridgehead atoms. The Morgan fingerprint density at radius 2 is 0.981 bits per heavy atom. The molecule has 0 saturated carbocycles. The maximum Gasteiger partial charge on any atom is 0.0584 e. The lowest BCUT2D eigenvalue weighted by molar-refractivity contribution is 0.666. The lowest BCUT2D eigenvalue weighted by atomic mass is 9.81. The third kappa shape index (κ3) is 3.99. The van der Waals surface area contributed by atoms with Gasteiger partial charge in [0.2, 0.25) is 0 Å². The van der Waals surface area contributed by atoms with Crippen LogP contribution in [0.3, 0.4) is 0 Å². The molecule has 0 N–H and O–H groups in total. The third-order valence-corrected chi connectivity index (χ3v) is 11.7. The van der Waals surface area contributed by atoms with E-state index in [-0.39, 0.29) is 5.41 Å². The van der Waals surface area contributed by atoms with Crippen molar-refractivity contribution in [3.8, 4) is 50.3 Å². The van der Waals surface area contributed by atoms with Crippen molar-refractivity contribution < 1.29 is 0 Å². The van der Waals surface area contributed by atoms with Gasteiger partial charge in [-0.25, -0.2) is 0 Å². The number of fused-ring (bicyclic) bond motifs is 5. The topological polar surface area (TPSA) is 4.93 Å². The van der Waals surface area contributed by atoms with Crippen molar-refractivity contribution in [2.75, 3.05) is 0 Å². The lowest BCUT2D eigenvalue weighted by Gasteiger charge is -2.22. The normalized spacial score (nSPS) is 13.3. The summed E-state index contributed by atoms with van der Waals surface area (Å²) in [6.45, 7) is 4.79. The minimum Gasteiger partial charge on any atom is -0.309 e. The first-order valence-corrected chi connectivity index (χ1v) is 18.3. The SMILES string of the molecule is CC1(C)c2ccccc2-c2c1c1cc(-c3ccc4ccc5c(-c6ccccc6)cc(-c6ccccc6)c6ccc3c4c56)ccc1n2-c1ccccc1. The molecule has 52 heavy (non-hydrogen) atoms. The third-order valence-electron chi connectivity index (χ3n) is 11.7. The Kier molecular flexibility index (Phi) is 6.08. The van der Waals surface area contributed by atoms with E-state index in [0.717, 1.165) is 0 Å². The van der Waals surface area contributed by atoms with Gasteiger partial charge >= 0.3 is 0 Å². The first kappa shape index (κ1) is 29.3. The van der Waals surface area contributed by atoms with Gasteiger partial charge in [0, 0.05) is 22.1 Å². The van der Waals surface area contributed by atoms with Crippen molar-refractivity contribution >= 4 is 43.2 Å². The monoisotopic (exact) mass is 661 g/mol. The second kappa shape index (κ2) is 10.8. The van der Waals surface area contributed by atoms with Crippen LogP contribution in [0.15, 0.2) is 176 Å². The van der Waals surface area contributed by atoms with Gasteiger partial charge in [-0.3, -0.25) is 0 Å². The molecule has 244 valence electrons. The molecule has 0 amide bonds. The van der Waals surface area contributed by atoms with Crippen LogP contribution >= 0.6 is 0 Å². The van der Waals surface area contributed by atoms with Crippen molar-refractivity contribution in [3.63, 3.8) is 0 Å². The van der Waals surface area contributed by atoms with E-state index in [1.165, 1.54) is 105 Å². The second-order valence-corrected chi connectivity index (χ2v) is 14.9. The maximum atomic E-state index is 2.49. The van der Waals surface area contributed by atoms with Gasteiger partial charge in [-0.15, -0.1) is 0 Å². The summed E-state index contributed by atoms with van der Waals surface area (Å²) < 4.78 is 2.49. The van der Waals surface area contributed by atoms with E-state index in [2.05, 4.69) is 194 Å². The van der Waals surface area contributed by atoms with Crippen molar-refractivity contribution in [1.29, 1.82) is 0 Å². The van der Waals surface area contributed by atoms with Crippen molar-refractivity contribution in [2.24, 2.45) is 0 Å². The Morgan fingerprint density at radius 1 is 0.404 bits per heavy atom. The average molecular weight is 662 g/mol. The summed E-state index contributed by atoms with van der Waals surface area (Å²) in [7, 11) is 0. The van der Waals surface area contributed by atoms with Crippen LogP contribution < -0.4 is 0 Å². The Balaban J connectivity index is 1.21. The van der Waals surface area contributed by atoms with Gasteiger partial charge in [-0.05, 0) is 107 Å². The lowest BCUT2D eigenvalue weighted by Crippen LogP contribution is -2.14. The average Bonchev–Trinajstić information content (AvgIpc) is 3.67. The quantitative estimate of drug-likeness (QED) is 0.165. The summed E-state index contributed by atoms with van der Waals surface area (Å²) >= 11 is 0. The fourth-order valence-electron chi connectivity index (χ4n) is 9.42. The molecule has 0 saturated heterocycles. The molecule has 1 heterocycles. The molecule has 9 aromatic carbocycles. The molecule has 0 atom stereocenters. The van der Waals surface area contributed by atoms with Gasteiger partial charge in [-0.2, -0.15) is 0 Å². The second-order valence-electron chi connectivity index (χ2n) is 14.9. The van der Waals surface area contributed by atoms with Crippen LogP contribution in [0, 0.1) is 0 Å². The van der Waals surface area contributed by atoms with Crippen LogP contribution in [0.1, 0.15) is 25.0 Å². The summed E-state index contributed by atoms with van der Waals surface area (Å²) in [5.74, 6) is 0. The van der Waals surface area contributed by atoms with Gasteiger partial charge in [-0.1, -0.05) is 159 Å². The number of hydrogen-bond donors (Lipinski definition) is 0. The highest BCUT2D eigenvalue weighted by atomic mass is 15.0. The van der Waals surface area contributed by atoms with Crippen molar-refractivity contribution in [1.82, 2.24) is 4.57 Å². The molecule has 1 heteroatoms. The van der Waals surface area contributed by atoms with E-state index >= 15 is 0 Å². The van der Waals surface area contributed by atoms with E-state index in [1.807, 2.05) is 0 Å². The van der Waals surface area contributed by atoms with Crippen LogP contribution in [0.5, 0.6) is 0 Å². The number of aromatic nitrogens is 1. The van der Waals surface area contributed by atoms with Gasteiger partial charge in [0.1, 0.15) is 0 Å². The van der Waals surface area contributed by atoms with Crippen LogP contribution in [0.4, 0.5) is 0 Å². The highest BCUT2D eigenvalue weighted by Crippen LogP contribution is 2.54. The smallest absolute Gasteiger partial charge is 0.0584 e. The molecule has 1 aliphatic carbocycles. The Hall–Kier alpha value is -6.44. The largest absolute Gasteiger partial charge is 0.309 e. The van der Waals surface area contributed by atoms with Crippen LogP contribution in [0.25, 0.3) is 93.5 Å². The van der Waals surface area contributed by atoms with E-state index in [0.29, 0.717) is 0 Å². The van der Waals surface area contributed by atoms with E-state index in [4.69, 9.17) is 0 Å². The minimum atomic E-state index is -0.132. The Bertz CT molecular complexity index is 2940. The molecular weight excluding hydrogens is 627 g/mol. The predicted octanol–water partition coefficient (Wildman–Crippen LogP) is 13.8. The van der Waals surface area contributed by atoms with Gasteiger partial charge in [0.15, 0.2) is 0 Å². The van der Waals surface area contributed by atoms with E-state index < -0.39 is 0 Å². The van der Waals surface area contributed by atoms with E-state index in [1.54, 1.807) is 0 Å². The molecule has 0 unspecified atom stereocenters. The zero-order chi connectivity index (χ0) is 34.6. The predicted molar refractivity (Wildman–Crippen MR) is 221 cm³/mol. The molecule has 0 spiro atoms. The zero-order valence-corrected chi connectivity index (χ0v) is 29.2. The first-order chi connectivity index (χ1) is 25.6. The fourth-order valence-corrected chi connectivity index (χ4v) is 9.42. The van der Waals surface area contributed by atoms with Gasteiger partial charge in [0.25, 0.3) is 0 Å². The highest BCUT2D eigenvalue weighted by Gasteiger charge is 2.40. The Labute approximate surface area is 303 Å². The summed E-state index contributed by atoms with van der Waals surface area (Å²) in [6.07, 6.45) is 0. The zero-order valence-electron chi connectivity index (χ0n) is 29.2.